The quantitative estimate of drug-likeness (QED) is 0.878. The van der Waals surface area contributed by atoms with Crippen molar-refractivity contribution in [2.45, 2.75) is 47.0 Å². The average Bonchev–Trinajstić information content (AvgIpc) is 2.79. The molecule has 0 fully saturated rings. The Bertz CT molecular complexity index is 618. The topological polar surface area (TPSA) is 55.1 Å². The molecule has 5 nitrogen and oxygen atoms in total. The van der Waals surface area contributed by atoms with Crippen LogP contribution in [0, 0.1) is 11.3 Å². The Kier molecular flexibility index (Phi) is 4.93. The molecule has 0 saturated carbocycles. The lowest BCUT2D eigenvalue weighted by Gasteiger charge is -2.23. The molecule has 1 atom stereocenters. The molecule has 1 N–H and O–H groups in total. The molecule has 0 radical (unpaired) electrons. The minimum Gasteiger partial charge on any atom is -0.369 e. The molecule has 22 heavy (non-hydrogen) atoms. The summed E-state index contributed by atoms with van der Waals surface area (Å²) < 4.78 is 26.7. The third-order valence-corrected chi connectivity index (χ3v) is 3.39. The molecule has 0 aliphatic heterocycles. The zero-order chi connectivity index (χ0) is 16.3. The van der Waals surface area contributed by atoms with Crippen LogP contribution in [0.4, 0.5) is 14.6 Å². The number of hydrogen-bond donors (Lipinski definition) is 1. The van der Waals surface area contributed by atoms with Crippen LogP contribution >= 0.6 is 0 Å². The molecule has 122 valence electrons. The molecule has 2 aromatic rings. The van der Waals surface area contributed by atoms with E-state index in [2.05, 4.69) is 48.3 Å². The normalized spacial score (nSPS) is 13.8. The summed E-state index contributed by atoms with van der Waals surface area (Å²) >= 11 is 0. The summed E-state index contributed by atoms with van der Waals surface area (Å²) in [6.45, 7) is 9.65. The van der Waals surface area contributed by atoms with Gasteiger partial charge in [0.05, 0.1) is 0 Å². The molecule has 2 heterocycles. The van der Waals surface area contributed by atoms with Crippen molar-refractivity contribution in [3.63, 3.8) is 0 Å². The molecule has 0 bridgehead atoms. The highest BCUT2D eigenvalue weighted by atomic mass is 19.3. The van der Waals surface area contributed by atoms with Gasteiger partial charge in [0.15, 0.2) is 5.65 Å². The van der Waals surface area contributed by atoms with Gasteiger partial charge in [0.2, 0.25) is 5.82 Å². The smallest absolute Gasteiger partial charge is 0.299 e. The SMILES string of the molecule is CC(CCNc1ccc2nnc(C(F)F)n2n1)CC(C)(C)C. The van der Waals surface area contributed by atoms with Crippen LogP contribution in [0.15, 0.2) is 12.1 Å². The number of alkyl halides is 2. The summed E-state index contributed by atoms with van der Waals surface area (Å²) in [7, 11) is 0. The molecule has 0 amide bonds. The highest BCUT2D eigenvalue weighted by Gasteiger charge is 2.17. The van der Waals surface area contributed by atoms with Crippen molar-refractivity contribution in [1.29, 1.82) is 0 Å². The first-order valence-corrected chi connectivity index (χ1v) is 7.50. The molecule has 0 aliphatic carbocycles. The van der Waals surface area contributed by atoms with E-state index in [9.17, 15) is 8.78 Å². The Morgan fingerprint density at radius 3 is 2.59 bits per heavy atom. The van der Waals surface area contributed by atoms with Crippen molar-refractivity contribution < 1.29 is 8.78 Å². The monoisotopic (exact) mass is 311 g/mol. The molecular weight excluding hydrogens is 288 g/mol. The summed E-state index contributed by atoms with van der Waals surface area (Å²) in [5, 5.41) is 14.4. The predicted molar refractivity (Wildman–Crippen MR) is 82.1 cm³/mol. The van der Waals surface area contributed by atoms with Gasteiger partial charge in [0.1, 0.15) is 5.82 Å². The van der Waals surface area contributed by atoms with Crippen LogP contribution in [0.3, 0.4) is 0 Å². The van der Waals surface area contributed by atoms with Crippen molar-refractivity contribution in [3.05, 3.63) is 18.0 Å². The van der Waals surface area contributed by atoms with Crippen molar-refractivity contribution >= 4 is 11.5 Å². The summed E-state index contributed by atoms with van der Waals surface area (Å²) in [6.07, 6.45) is -0.548. The minimum atomic E-state index is -2.69. The standard InChI is InChI=1S/C15H23F2N5/c1-10(9-15(2,3)4)7-8-18-11-5-6-12-19-20-14(13(16)17)22(12)21-11/h5-6,10,13H,7-9H2,1-4H3,(H,18,21). The maximum atomic E-state index is 12.8. The lowest BCUT2D eigenvalue weighted by atomic mass is 9.84. The van der Waals surface area contributed by atoms with Gasteiger partial charge >= 0.3 is 0 Å². The predicted octanol–water partition coefficient (Wildman–Crippen LogP) is 3.94. The lowest BCUT2D eigenvalue weighted by molar-refractivity contribution is 0.137. The Morgan fingerprint density at radius 2 is 1.95 bits per heavy atom. The van der Waals surface area contributed by atoms with Gasteiger partial charge in [0, 0.05) is 6.54 Å². The molecule has 0 aromatic carbocycles. The van der Waals surface area contributed by atoms with Gasteiger partial charge in [-0.1, -0.05) is 27.7 Å². The van der Waals surface area contributed by atoms with E-state index in [0.29, 0.717) is 22.8 Å². The maximum absolute atomic E-state index is 12.8. The van der Waals surface area contributed by atoms with E-state index in [4.69, 9.17) is 0 Å². The van der Waals surface area contributed by atoms with E-state index in [0.717, 1.165) is 23.9 Å². The second kappa shape index (κ2) is 6.54. The summed E-state index contributed by atoms with van der Waals surface area (Å²) in [6, 6.07) is 3.36. The average molecular weight is 311 g/mol. The first kappa shape index (κ1) is 16.6. The van der Waals surface area contributed by atoms with Gasteiger partial charge in [0.25, 0.3) is 6.43 Å². The van der Waals surface area contributed by atoms with Crippen molar-refractivity contribution in [1.82, 2.24) is 19.8 Å². The Balaban J connectivity index is 1.96. The molecule has 2 aromatic heterocycles. The number of hydrogen-bond acceptors (Lipinski definition) is 4. The number of rotatable bonds is 6. The van der Waals surface area contributed by atoms with E-state index >= 15 is 0 Å². The molecule has 1 unspecified atom stereocenters. The number of halogens is 2. The Morgan fingerprint density at radius 1 is 1.23 bits per heavy atom. The number of nitrogens with zero attached hydrogens (tertiary/aromatic N) is 4. The summed E-state index contributed by atoms with van der Waals surface area (Å²) in [5.74, 6) is 0.708. The van der Waals surface area contributed by atoms with Gasteiger partial charge < -0.3 is 5.32 Å². The van der Waals surface area contributed by atoms with Gasteiger partial charge in [-0.15, -0.1) is 15.3 Å². The van der Waals surface area contributed by atoms with E-state index in [1.54, 1.807) is 12.1 Å². The second-order valence-corrected chi connectivity index (χ2v) is 6.93. The molecule has 0 saturated heterocycles. The van der Waals surface area contributed by atoms with Crippen LogP contribution in [0.2, 0.25) is 0 Å². The van der Waals surface area contributed by atoms with Gasteiger partial charge in [-0.2, -0.15) is 4.52 Å². The Hall–Kier alpha value is -1.79. The first-order valence-electron chi connectivity index (χ1n) is 7.50. The molecule has 7 heteroatoms. The molecule has 2 rings (SSSR count). The third kappa shape index (κ3) is 4.35. The van der Waals surface area contributed by atoms with Crippen LogP contribution in [-0.4, -0.2) is 26.4 Å². The zero-order valence-corrected chi connectivity index (χ0v) is 13.5. The molecule has 0 aliphatic rings. The highest BCUT2D eigenvalue weighted by Crippen LogP contribution is 2.25. The van der Waals surface area contributed by atoms with Crippen LogP contribution in [0.25, 0.3) is 5.65 Å². The van der Waals surface area contributed by atoms with E-state index in [1.807, 2.05) is 0 Å². The van der Waals surface area contributed by atoms with Gasteiger partial charge in [-0.3, -0.25) is 0 Å². The molecular formula is C15H23F2N5. The van der Waals surface area contributed by atoms with Gasteiger partial charge in [-0.05, 0) is 36.3 Å². The fourth-order valence-electron chi connectivity index (χ4n) is 2.63. The third-order valence-electron chi connectivity index (χ3n) is 3.39. The highest BCUT2D eigenvalue weighted by molar-refractivity contribution is 5.43. The van der Waals surface area contributed by atoms with Crippen LogP contribution in [0.5, 0.6) is 0 Å². The van der Waals surface area contributed by atoms with Gasteiger partial charge in [-0.25, -0.2) is 8.78 Å². The minimum absolute atomic E-state index is 0.311. The van der Waals surface area contributed by atoms with Crippen LogP contribution in [0.1, 0.15) is 52.8 Å². The second-order valence-electron chi connectivity index (χ2n) is 6.93. The fraction of sp³-hybridized carbons (Fsp3) is 0.667. The van der Waals surface area contributed by atoms with Crippen LogP contribution < -0.4 is 5.32 Å². The Labute approximate surface area is 129 Å². The van der Waals surface area contributed by atoms with E-state index < -0.39 is 12.2 Å². The van der Waals surface area contributed by atoms with Crippen molar-refractivity contribution in [3.8, 4) is 0 Å². The fourth-order valence-corrected chi connectivity index (χ4v) is 2.63. The van der Waals surface area contributed by atoms with Crippen molar-refractivity contribution in [2.75, 3.05) is 11.9 Å². The van der Waals surface area contributed by atoms with E-state index in [1.165, 1.54) is 0 Å². The summed E-state index contributed by atoms with van der Waals surface area (Å²) in [4.78, 5) is 0. The largest absolute Gasteiger partial charge is 0.369 e. The number of anilines is 1. The molecule has 0 spiro atoms. The zero-order valence-electron chi connectivity index (χ0n) is 13.5. The maximum Gasteiger partial charge on any atom is 0.299 e. The van der Waals surface area contributed by atoms with E-state index in [-0.39, 0.29) is 0 Å². The number of nitrogens with one attached hydrogen (secondary N) is 1. The van der Waals surface area contributed by atoms with Crippen LogP contribution in [-0.2, 0) is 0 Å². The number of fused-ring (bicyclic) bond motifs is 1. The summed E-state index contributed by atoms with van der Waals surface area (Å²) in [5.41, 5.74) is 0.632. The van der Waals surface area contributed by atoms with Crippen molar-refractivity contribution in [2.24, 2.45) is 11.3 Å². The first-order chi connectivity index (χ1) is 10.3. The number of aromatic nitrogens is 4. The lowest BCUT2D eigenvalue weighted by Crippen LogP contribution is -2.15.